The summed E-state index contributed by atoms with van der Waals surface area (Å²) < 4.78 is 0.750. The van der Waals surface area contributed by atoms with Crippen LogP contribution in [0.5, 0.6) is 0 Å². The van der Waals surface area contributed by atoms with Gasteiger partial charge in [0.05, 0.1) is 6.54 Å². The third kappa shape index (κ3) is 2.20. The van der Waals surface area contributed by atoms with Gasteiger partial charge in [0.25, 0.3) is 0 Å². The van der Waals surface area contributed by atoms with Crippen molar-refractivity contribution in [1.82, 2.24) is 4.90 Å². The average molecular weight is 297 g/mol. The summed E-state index contributed by atoms with van der Waals surface area (Å²) in [4.78, 5) is 24.7. The van der Waals surface area contributed by atoms with E-state index in [1.807, 2.05) is 12.1 Å². The summed E-state index contributed by atoms with van der Waals surface area (Å²) in [6, 6.07) is 5.43. The van der Waals surface area contributed by atoms with Crippen molar-refractivity contribution in [3.05, 3.63) is 28.2 Å². The number of hydrogen-bond acceptors (Lipinski definition) is 3. The molecule has 4 nitrogen and oxygen atoms in total. The Labute approximate surface area is 108 Å². The molecule has 1 saturated heterocycles. The highest BCUT2D eigenvalue weighted by atomic mass is 79.9. The number of amides is 2. The van der Waals surface area contributed by atoms with E-state index in [1.54, 1.807) is 13.0 Å². The number of benzene rings is 1. The molecule has 1 heterocycles. The molecule has 2 N–H and O–H groups in total. The molecular formula is C12H13BrN2O2. The molecule has 2 rings (SSSR count). The number of halogens is 1. The van der Waals surface area contributed by atoms with E-state index >= 15 is 0 Å². The number of carbonyl (C=O) groups excluding carboxylic acids is 2. The summed E-state index contributed by atoms with van der Waals surface area (Å²) in [6.07, 6.45) is 0.304. The fraction of sp³-hybridized carbons (Fsp3) is 0.333. The number of nitrogens with two attached hydrogens (primary N) is 1. The van der Waals surface area contributed by atoms with Crippen molar-refractivity contribution in [2.45, 2.75) is 19.9 Å². The van der Waals surface area contributed by atoms with Crippen molar-refractivity contribution in [3.63, 3.8) is 0 Å². The molecule has 1 fully saturated rings. The molecule has 1 aliphatic heterocycles. The smallest absolute Gasteiger partial charge is 0.232 e. The van der Waals surface area contributed by atoms with E-state index in [2.05, 4.69) is 15.9 Å². The highest BCUT2D eigenvalue weighted by Crippen LogP contribution is 2.27. The van der Waals surface area contributed by atoms with Gasteiger partial charge in [0.2, 0.25) is 11.8 Å². The Morgan fingerprint density at radius 3 is 2.76 bits per heavy atom. The zero-order valence-corrected chi connectivity index (χ0v) is 11.0. The first-order valence-corrected chi connectivity index (χ1v) is 6.17. The largest absolute Gasteiger partial charge is 0.398 e. The van der Waals surface area contributed by atoms with Crippen molar-refractivity contribution in [2.75, 3.05) is 5.73 Å². The lowest BCUT2D eigenvalue weighted by molar-refractivity contribution is -0.139. The maximum absolute atomic E-state index is 11.8. The Morgan fingerprint density at radius 2 is 2.18 bits per heavy atom. The number of nitrogen functional groups attached to an aromatic ring is 1. The van der Waals surface area contributed by atoms with Crippen LogP contribution in [-0.2, 0) is 16.1 Å². The van der Waals surface area contributed by atoms with Crippen LogP contribution in [0.3, 0.4) is 0 Å². The molecule has 0 aromatic heterocycles. The van der Waals surface area contributed by atoms with Crippen LogP contribution in [0.1, 0.15) is 18.9 Å². The zero-order chi connectivity index (χ0) is 12.6. The highest BCUT2D eigenvalue weighted by molar-refractivity contribution is 9.10. The predicted molar refractivity (Wildman–Crippen MR) is 67.9 cm³/mol. The van der Waals surface area contributed by atoms with Crippen molar-refractivity contribution in [2.24, 2.45) is 5.92 Å². The van der Waals surface area contributed by atoms with Gasteiger partial charge in [0.1, 0.15) is 0 Å². The monoisotopic (exact) mass is 296 g/mol. The number of anilines is 1. The lowest BCUT2D eigenvalue weighted by Gasteiger charge is -2.16. The van der Waals surface area contributed by atoms with Gasteiger partial charge in [-0.1, -0.05) is 19.1 Å². The summed E-state index contributed by atoms with van der Waals surface area (Å²) in [5, 5.41) is 0. The number of imide groups is 1. The molecule has 2 amide bonds. The second-order valence-electron chi connectivity index (χ2n) is 4.24. The van der Waals surface area contributed by atoms with E-state index in [9.17, 15) is 9.59 Å². The van der Waals surface area contributed by atoms with Crippen LogP contribution in [0.2, 0.25) is 0 Å². The van der Waals surface area contributed by atoms with Gasteiger partial charge >= 0.3 is 0 Å². The Morgan fingerprint density at radius 1 is 1.47 bits per heavy atom. The van der Waals surface area contributed by atoms with E-state index in [0.717, 1.165) is 10.0 Å². The van der Waals surface area contributed by atoms with E-state index < -0.39 is 0 Å². The van der Waals surface area contributed by atoms with Gasteiger partial charge in [0, 0.05) is 22.5 Å². The van der Waals surface area contributed by atoms with Gasteiger partial charge in [-0.3, -0.25) is 14.5 Å². The van der Waals surface area contributed by atoms with Crippen molar-refractivity contribution in [1.29, 1.82) is 0 Å². The SMILES string of the molecule is CC1CC(=O)N(Cc2cccc(N)c2Br)C1=O. The minimum Gasteiger partial charge on any atom is -0.398 e. The maximum Gasteiger partial charge on any atom is 0.232 e. The standard InChI is InChI=1S/C12H13BrN2O2/c1-7-5-10(16)15(12(7)17)6-8-3-2-4-9(14)11(8)13/h2-4,7H,5-6,14H2,1H3. The minimum atomic E-state index is -0.206. The lowest BCUT2D eigenvalue weighted by Crippen LogP contribution is -2.29. The van der Waals surface area contributed by atoms with Gasteiger partial charge < -0.3 is 5.73 Å². The predicted octanol–water partition coefficient (Wildman–Crippen LogP) is 1.93. The maximum atomic E-state index is 11.8. The van der Waals surface area contributed by atoms with Gasteiger partial charge in [-0.05, 0) is 27.6 Å². The number of hydrogen-bond donors (Lipinski definition) is 1. The van der Waals surface area contributed by atoms with E-state index in [-0.39, 0.29) is 24.3 Å². The molecule has 5 heteroatoms. The van der Waals surface area contributed by atoms with Crippen LogP contribution in [0.4, 0.5) is 5.69 Å². The first-order valence-electron chi connectivity index (χ1n) is 5.37. The normalized spacial score (nSPS) is 20.1. The molecule has 1 unspecified atom stereocenters. The van der Waals surface area contributed by atoms with E-state index in [0.29, 0.717) is 12.1 Å². The summed E-state index contributed by atoms with van der Waals surface area (Å²) >= 11 is 3.37. The number of likely N-dealkylation sites (tertiary alicyclic amines) is 1. The zero-order valence-electron chi connectivity index (χ0n) is 9.44. The first kappa shape index (κ1) is 12.1. The summed E-state index contributed by atoms with van der Waals surface area (Å²) in [5.74, 6) is -0.427. The molecule has 0 spiro atoms. The second-order valence-corrected chi connectivity index (χ2v) is 5.04. The summed E-state index contributed by atoms with van der Waals surface area (Å²) in [5.41, 5.74) is 7.21. The Hall–Kier alpha value is -1.36. The second kappa shape index (κ2) is 4.49. The Kier molecular flexibility index (Phi) is 3.19. The molecular weight excluding hydrogens is 284 g/mol. The first-order chi connectivity index (χ1) is 8.00. The van der Waals surface area contributed by atoms with Crippen molar-refractivity contribution in [3.8, 4) is 0 Å². The fourth-order valence-corrected chi connectivity index (χ4v) is 2.30. The van der Waals surface area contributed by atoms with Crippen LogP contribution in [0.25, 0.3) is 0 Å². The fourth-order valence-electron chi connectivity index (χ4n) is 1.91. The molecule has 0 saturated carbocycles. The summed E-state index contributed by atoms with van der Waals surface area (Å²) in [6.45, 7) is 2.06. The molecule has 0 radical (unpaired) electrons. The van der Waals surface area contributed by atoms with Gasteiger partial charge in [-0.25, -0.2) is 0 Å². The Balaban J connectivity index is 2.24. The van der Waals surface area contributed by atoms with Crippen molar-refractivity contribution < 1.29 is 9.59 Å². The van der Waals surface area contributed by atoms with E-state index in [4.69, 9.17) is 5.73 Å². The molecule has 17 heavy (non-hydrogen) atoms. The molecule has 1 aliphatic rings. The summed E-state index contributed by atoms with van der Waals surface area (Å²) in [7, 11) is 0. The van der Waals surface area contributed by atoms with E-state index in [1.165, 1.54) is 4.90 Å². The minimum absolute atomic E-state index is 0.107. The van der Waals surface area contributed by atoms with Gasteiger partial charge in [0.15, 0.2) is 0 Å². The molecule has 0 bridgehead atoms. The third-order valence-corrected chi connectivity index (χ3v) is 3.87. The average Bonchev–Trinajstić information content (AvgIpc) is 2.51. The lowest BCUT2D eigenvalue weighted by atomic mass is 10.1. The number of carbonyl (C=O) groups is 2. The van der Waals surface area contributed by atoms with Crippen LogP contribution >= 0.6 is 15.9 Å². The van der Waals surface area contributed by atoms with Gasteiger partial charge in [-0.15, -0.1) is 0 Å². The third-order valence-electron chi connectivity index (χ3n) is 2.91. The molecule has 1 aromatic rings. The number of nitrogens with zero attached hydrogens (tertiary/aromatic N) is 1. The molecule has 1 atom stereocenters. The van der Waals surface area contributed by atoms with Crippen LogP contribution in [-0.4, -0.2) is 16.7 Å². The highest BCUT2D eigenvalue weighted by Gasteiger charge is 2.35. The van der Waals surface area contributed by atoms with Crippen LogP contribution in [0, 0.1) is 5.92 Å². The molecule has 1 aromatic carbocycles. The van der Waals surface area contributed by atoms with Crippen molar-refractivity contribution >= 4 is 33.4 Å². The topological polar surface area (TPSA) is 63.4 Å². The Bertz CT molecular complexity index is 487. The molecule has 0 aliphatic carbocycles. The van der Waals surface area contributed by atoms with Gasteiger partial charge in [-0.2, -0.15) is 0 Å². The number of rotatable bonds is 2. The van der Waals surface area contributed by atoms with Crippen LogP contribution in [0.15, 0.2) is 22.7 Å². The quantitative estimate of drug-likeness (QED) is 0.670. The molecule has 90 valence electrons. The van der Waals surface area contributed by atoms with Crippen LogP contribution < -0.4 is 5.73 Å².